The molecule has 0 fully saturated rings. The van der Waals surface area contributed by atoms with Gasteiger partial charge in [0.1, 0.15) is 18.3 Å². The molecule has 0 aliphatic carbocycles. The quantitative estimate of drug-likeness (QED) is 0.750. The van der Waals surface area contributed by atoms with Crippen LogP contribution in [0.5, 0.6) is 5.75 Å². The van der Waals surface area contributed by atoms with Gasteiger partial charge in [-0.2, -0.15) is 5.10 Å². The highest BCUT2D eigenvalue weighted by molar-refractivity contribution is 5.95. The number of aliphatic hydroxyl groups excluding tert-OH is 1. The molecule has 8 heteroatoms. The molecule has 2 aromatic rings. The third kappa shape index (κ3) is 2.14. The van der Waals surface area contributed by atoms with Crippen LogP contribution in [0.3, 0.4) is 0 Å². The molecule has 1 aliphatic heterocycles. The number of esters is 1. The van der Waals surface area contributed by atoms with Gasteiger partial charge in [-0.15, -0.1) is 0 Å². The molecule has 20 heavy (non-hydrogen) atoms. The van der Waals surface area contributed by atoms with E-state index in [1.807, 2.05) is 0 Å². The van der Waals surface area contributed by atoms with Crippen LogP contribution >= 0.6 is 0 Å². The minimum atomic E-state index is -0.610. The Morgan fingerprint density at radius 2 is 2.55 bits per heavy atom. The molecule has 0 saturated heterocycles. The summed E-state index contributed by atoms with van der Waals surface area (Å²) in [6.07, 6.45) is 2.42. The first-order chi connectivity index (χ1) is 9.69. The standard InChI is InChI=1S/C12H14N4O4/c1-2-19-12(18)8-4-14-16-5-9-10(15-11(8)16)13-3-7(17)6-20-9/h4-5,7,17H,2-3,6H2,1H3,(H,13,15)/t7-/m1/s1. The third-order valence-corrected chi connectivity index (χ3v) is 2.89. The van der Waals surface area contributed by atoms with Crippen LogP contribution in [0, 0.1) is 0 Å². The normalized spacial score (nSPS) is 17.8. The Morgan fingerprint density at radius 3 is 3.35 bits per heavy atom. The zero-order chi connectivity index (χ0) is 14.1. The van der Waals surface area contributed by atoms with Crippen molar-refractivity contribution < 1.29 is 19.4 Å². The van der Waals surface area contributed by atoms with E-state index in [1.165, 1.54) is 10.7 Å². The highest BCUT2D eigenvalue weighted by Gasteiger charge is 2.20. The zero-order valence-corrected chi connectivity index (χ0v) is 10.9. The summed E-state index contributed by atoms with van der Waals surface area (Å²) in [5, 5.41) is 16.6. The van der Waals surface area contributed by atoms with Crippen molar-refractivity contribution in [3.63, 3.8) is 0 Å². The maximum Gasteiger partial charge on any atom is 0.343 e. The predicted octanol–water partition coefficient (Wildman–Crippen LogP) is 0.0712. The molecule has 3 heterocycles. The zero-order valence-electron chi connectivity index (χ0n) is 10.9. The number of anilines is 1. The molecule has 0 amide bonds. The predicted molar refractivity (Wildman–Crippen MR) is 68.9 cm³/mol. The lowest BCUT2D eigenvalue weighted by molar-refractivity contribution is 0.0528. The van der Waals surface area contributed by atoms with Gasteiger partial charge in [0.15, 0.2) is 17.2 Å². The third-order valence-electron chi connectivity index (χ3n) is 2.89. The van der Waals surface area contributed by atoms with Gasteiger partial charge in [0, 0.05) is 6.54 Å². The van der Waals surface area contributed by atoms with Crippen molar-refractivity contribution in [2.75, 3.05) is 25.1 Å². The van der Waals surface area contributed by atoms with Crippen molar-refractivity contribution >= 4 is 17.4 Å². The molecule has 1 aliphatic rings. The number of aromatic nitrogens is 3. The van der Waals surface area contributed by atoms with E-state index in [9.17, 15) is 9.90 Å². The second kappa shape index (κ2) is 4.97. The van der Waals surface area contributed by atoms with Crippen LogP contribution in [0.1, 0.15) is 17.3 Å². The number of carbonyl (C=O) groups is 1. The molecule has 3 rings (SSSR count). The molecule has 0 unspecified atom stereocenters. The number of hydrogen-bond acceptors (Lipinski definition) is 7. The molecule has 8 nitrogen and oxygen atoms in total. The minimum absolute atomic E-state index is 0.180. The van der Waals surface area contributed by atoms with Crippen molar-refractivity contribution in [1.82, 2.24) is 14.6 Å². The topological polar surface area (TPSA) is 98.0 Å². The molecule has 0 spiro atoms. The maximum absolute atomic E-state index is 11.8. The lowest BCUT2D eigenvalue weighted by Gasteiger charge is -2.07. The van der Waals surface area contributed by atoms with Crippen molar-refractivity contribution in [2.24, 2.45) is 0 Å². The van der Waals surface area contributed by atoms with E-state index < -0.39 is 12.1 Å². The van der Waals surface area contributed by atoms with Crippen LogP contribution in [0.15, 0.2) is 12.4 Å². The summed E-state index contributed by atoms with van der Waals surface area (Å²) in [7, 11) is 0. The molecule has 0 saturated carbocycles. The SMILES string of the molecule is CCOC(=O)c1cnn2cc3c(nc12)NC[C@@H](O)CO3. The lowest BCUT2D eigenvalue weighted by atomic mass is 10.3. The number of hydrogen-bond donors (Lipinski definition) is 2. The number of aliphatic hydroxyl groups is 1. The second-order valence-corrected chi connectivity index (χ2v) is 4.35. The number of β-amino-alcohol motifs (C(OH)–C–C–N with tert-alkyl or cyclic N) is 1. The highest BCUT2D eigenvalue weighted by atomic mass is 16.5. The molecule has 0 radical (unpaired) electrons. The summed E-state index contributed by atoms with van der Waals surface area (Å²) in [5.74, 6) is 0.484. The molecular formula is C12H14N4O4. The number of carbonyl (C=O) groups excluding carboxylic acids is 1. The number of nitrogens with one attached hydrogen (secondary N) is 1. The Labute approximate surface area is 114 Å². The van der Waals surface area contributed by atoms with E-state index in [0.717, 1.165) is 0 Å². The Hall–Kier alpha value is -2.35. The highest BCUT2D eigenvalue weighted by Crippen LogP contribution is 2.26. The van der Waals surface area contributed by atoms with E-state index in [0.29, 0.717) is 29.3 Å². The average Bonchev–Trinajstić information content (AvgIpc) is 2.76. The molecule has 2 N–H and O–H groups in total. The molecule has 2 aromatic heterocycles. The van der Waals surface area contributed by atoms with Crippen molar-refractivity contribution in [1.29, 1.82) is 0 Å². The van der Waals surface area contributed by atoms with Gasteiger partial charge in [-0.3, -0.25) is 0 Å². The summed E-state index contributed by atoms with van der Waals surface area (Å²) in [4.78, 5) is 16.1. The van der Waals surface area contributed by atoms with Crippen molar-refractivity contribution in [3.8, 4) is 5.75 Å². The average molecular weight is 278 g/mol. The lowest BCUT2D eigenvalue weighted by Crippen LogP contribution is -2.23. The van der Waals surface area contributed by atoms with Gasteiger partial charge in [-0.25, -0.2) is 14.3 Å². The molecule has 0 bridgehead atoms. The summed E-state index contributed by atoms with van der Waals surface area (Å²) in [6.45, 7) is 2.53. The molecule has 0 aromatic carbocycles. The van der Waals surface area contributed by atoms with E-state index >= 15 is 0 Å². The van der Waals surface area contributed by atoms with Crippen LogP contribution in [0.4, 0.5) is 5.82 Å². The number of ether oxygens (including phenoxy) is 2. The largest absolute Gasteiger partial charge is 0.485 e. The Balaban J connectivity index is 2.04. The van der Waals surface area contributed by atoms with Crippen molar-refractivity contribution in [3.05, 3.63) is 18.0 Å². The van der Waals surface area contributed by atoms with Crippen LogP contribution in [-0.2, 0) is 4.74 Å². The monoisotopic (exact) mass is 278 g/mol. The van der Waals surface area contributed by atoms with E-state index in [2.05, 4.69) is 15.4 Å². The summed E-state index contributed by atoms with van der Waals surface area (Å²) >= 11 is 0. The van der Waals surface area contributed by atoms with E-state index in [1.54, 1.807) is 13.1 Å². The van der Waals surface area contributed by atoms with Gasteiger partial charge in [0.05, 0.1) is 19.0 Å². The van der Waals surface area contributed by atoms with E-state index in [4.69, 9.17) is 9.47 Å². The van der Waals surface area contributed by atoms with Gasteiger partial charge >= 0.3 is 5.97 Å². The fraction of sp³-hybridized carbons (Fsp3) is 0.417. The number of fused-ring (bicyclic) bond motifs is 2. The van der Waals surface area contributed by atoms with Gasteiger partial charge in [0.2, 0.25) is 0 Å². The first-order valence-corrected chi connectivity index (χ1v) is 6.29. The summed E-state index contributed by atoms with van der Waals surface area (Å²) in [5.41, 5.74) is 0.677. The van der Waals surface area contributed by atoms with Gasteiger partial charge in [-0.1, -0.05) is 0 Å². The first kappa shape index (κ1) is 12.7. The maximum atomic E-state index is 11.8. The van der Waals surface area contributed by atoms with E-state index in [-0.39, 0.29) is 13.2 Å². The Morgan fingerprint density at radius 1 is 1.70 bits per heavy atom. The number of nitrogens with zero attached hydrogens (tertiary/aromatic N) is 3. The van der Waals surface area contributed by atoms with Gasteiger partial charge in [-0.05, 0) is 6.92 Å². The van der Waals surface area contributed by atoms with Crippen LogP contribution in [-0.4, -0.2) is 51.5 Å². The molecule has 106 valence electrons. The fourth-order valence-corrected chi connectivity index (χ4v) is 1.94. The minimum Gasteiger partial charge on any atom is -0.485 e. The van der Waals surface area contributed by atoms with Crippen LogP contribution in [0.25, 0.3) is 5.65 Å². The molecule has 1 atom stereocenters. The van der Waals surface area contributed by atoms with Crippen LogP contribution < -0.4 is 10.1 Å². The molecular weight excluding hydrogens is 264 g/mol. The smallest absolute Gasteiger partial charge is 0.343 e. The Bertz CT molecular complexity index is 654. The van der Waals surface area contributed by atoms with Gasteiger partial charge < -0.3 is 19.9 Å². The van der Waals surface area contributed by atoms with Crippen molar-refractivity contribution in [2.45, 2.75) is 13.0 Å². The second-order valence-electron chi connectivity index (χ2n) is 4.35. The summed E-state index contributed by atoms with van der Waals surface area (Å²) in [6, 6.07) is 0. The van der Waals surface area contributed by atoms with Gasteiger partial charge in [0.25, 0.3) is 0 Å². The number of rotatable bonds is 2. The fourth-order valence-electron chi connectivity index (χ4n) is 1.94. The van der Waals surface area contributed by atoms with Crippen LogP contribution in [0.2, 0.25) is 0 Å². The Kier molecular flexibility index (Phi) is 3.15. The summed E-state index contributed by atoms with van der Waals surface area (Å²) < 4.78 is 11.8. The first-order valence-electron chi connectivity index (χ1n) is 6.29.